The average Bonchev–Trinajstić information content (AvgIpc) is 2.80. The molecule has 3 aromatic carbocycles. The molecule has 0 fully saturated rings. The van der Waals surface area contributed by atoms with Crippen LogP contribution in [0.5, 0.6) is 0 Å². The minimum Gasteiger partial charge on any atom is -0.299 e. The molecule has 4 rings (SSSR count). The van der Waals surface area contributed by atoms with Crippen LogP contribution in [0.3, 0.4) is 0 Å². The van der Waals surface area contributed by atoms with Crippen molar-refractivity contribution in [2.75, 3.05) is 7.05 Å². The van der Waals surface area contributed by atoms with Crippen molar-refractivity contribution < 1.29 is 4.79 Å². The Morgan fingerprint density at radius 2 is 1.61 bits per heavy atom. The molecule has 1 amide bonds. The van der Waals surface area contributed by atoms with Crippen molar-refractivity contribution in [3.63, 3.8) is 0 Å². The second-order valence-corrected chi connectivity index (χ2v) is 7.60. The fourth-order valence-electron chi connectivity index (χ4n) is 3.13. The van der Waals surface area contributed by atoms with Gasteiger partial charge in [-0.1, -0.05) is 71.7 Å². The SMILES string of the molecule is CN(/N=c1/cc(-c2ccccc2)n(-c2ccc(Cl)cc2Cl)cn1)C(=O)c1ccccc1. The molecule has 0 aliphatic rings. The fraction of sp³-hybridized carbons (Fsp3) is 0.0417. The zero-order valence-corrected chi connectivity index (χ0v) is 18.1. The zero-order valence-electron chi connectivity index (χ0n) is 16.6. The molecule has 31 heavy (non-hydrogen) atoms. The van der Waals surface area contributed by atoms with E-state index in [9.17, 15) is 4.79 Å². The monoisotopic (exact) mass is 448 g/mol. The molecule has 0 aliphatic heterocycles. The number of rotatable bonds is 4. The number of amides is 1. The number of carbonyl (C=O) groups excluding carboxylic acids is 1. The van der Waals surface area contributed by atoms with Crippen LogP contribution in [0.4, 0.5) is 0 Å². The highest BCUT2D eigenvalue weighted by atomic mass is 35.5. The van der Waals surface area contributed by atoms with Crippen LogP contribution in [0, 0.1) is 0 Å². The van der Waals surface area contributed by atoms with Gasteiger partial charge in [-0.05, 0) is 35.9 Å². The van der Waals surface area contributed by atoms with Crippen LogP contribution < -0.4 is 5.49 Å². The Morgan fingerprint density at radius 1 is 0.935 bits per heavy atom. The van der Waals surface area contributed by atoms with Crippen molar-refractivity contribution >= 4 is 29.1 Å². The minimum atomic E-state index is -0.221. The van der Waals surface area contributed by atoms with Gasteiger partial charge in [-0.15, -0.1) is 5.10 Å². The summed E-state index contributed by atoms with van der Waals surface area (Å²) in [4.78, 5) is 17.1. The maximum absolute atomic E-state index is 12.6. The van der Waals surface area contributed by atoms with Crippen LogP contribution in [0.25, 0.3) is 16.9 Å². The number of carbonyl (C=O) groups is 1. The van der Waals surface area contributed by atoms with Gasteiger partial charge in [-0.3, -0.25) is 9.36 Å². The van der Waals surface area contributed by atoms with Crippen LogP contribution in [-0.2, 0) is 0 Å². The molecule has 0 bridgehead atoms. The van der Waals surface area contributed by atoms with Gasteiger partial charge >= 0.3 is 0 Å². The Kier molecular flexibility index (Phi) is 6.16. The van der Waals surface area contributed by atoms with Crippen LogP contribution in [0.1, 0.15) is 10.4 Å². The Bertz CT molecular complexity index is 1290. The van der Waals surface area contributed by atoms with E-state index in [0.29, 0.717) is 21.1 Å². The van der Waals surface area contributed by atoms with Crippen molar-refractivity contribution in [2.24, 2.45) is 5.10 Å². The van der Waals surface area contributed by atoms with Crippen molar-refractivity contribution in [3.05, 3.63) is 112 Å². The molecule has 1 aromatic heterocycles. The average molecular weight is 449 g/mol. The quantitative estimate of drug-likeness (QED) is 0.390. The first kappa shape index (κ1) is 20.8. The summed E-state index contributed by atoms with van der Waals surface area (Å²) in [7, 11) is 1.61. The van der Waals surface area contributed by atoms with E-state index in [1.165, 1.54) is 5.01 Å². The molecular weight excluding hydrogens is 431 g/mol. The highest BCUT2D eigenvalue weighted by Gasteiger charge is 2.12. The minimum absolute atomic E-state index is 0.221. The highest BCUT2D eigenvalue weighted by Crippen LogP contribution is 2.28. The maximum Gasteiger partial charge on any atom is 0.273 e. The molecule has 0 aliphatic carbocycles. The summed E-state index contributed by atoms with van der Waals surface area (Å²) in [5.41, 5.74) is 3.45. The van der Waals surface area contributed by atoms with E-state index in [1.54, 1.807) is 37.6 Å². The lowest BCUT2D eigenvalue weighted by molar-refractivity contribution is 0.0792. The standard InChI is InChI=1S/C24H18Cl2N4O/c1-29(24(31)18-10-6-3-7-11-18)28-23-15-22(17-8-4-2-5-9-17)30(16-27-23)21-13-12-19(25)14-20(21)26/h2-16H,1H3/b28-23-. The largest absolute Gasteiger partial charge is 0.299 e. The number of aromatic nitrogens is 2. The summed E-state index contributed by atoms with van der Waals surface area (Å²) in [6.07, 6.45) is 1.64. The summed E-state index contributed by atoms with van der Waals surface area (Å²) in [6.45, 7) is 0. The second kappa shape index (κ2) is 9.16. The zero-order chi connectivity index (χ0) is 21.8. The van der Waals surface area contributed by atoms with Crippen molar-refractivity contribution in [2.45, 2.75) is 0 Å². The molecule has 0 saturated carbocycles. The van der Waals surface area contributed by atoms with Gasteiger partial charge in [0.1, 0.15) is 6.33 Å². The van der Waals surface area contributed by atoms with Crippen molar-refractivity contribution in [1.82, 2.24) is 14.6 Å². The van der Waals surface area contributed by atoms with Gasteiger partial charge in [0.05, 0.1) is 16.4 Å². The normalized spacial score (nSPS) is 11.4. The summed E-state index contributed by atoms with van der Waals surface area (Å²) < 4.78 is 1.87. The van der Waals surface area contributed by atoms with Gasteiger partial charge in [0.2, 0.25) is 0 Å². The van der Waals surface area contributed by atoms with E-state index in [2.05, 4.69) is 10.1 Å². The molecule has 1 heterocycles. The van der Waals surface area contributed by atoms with Gasteiger partial charge in [-0.25, -0.2) is 9.99 Å². The molecular formula is C24H18Cl2N4O. The van der Waals surface area contributed by atoms with E-state index in [1.807, 2.05) is 65.2 Å². The fourth-order valence-corrected chi connectivity index (χ4v) is 3.63. The van der Waals surface area contributed by atoms with E-state index < -0.39 is 0 Å². The molecule has 0 spiro atoms. The number of benzene rings is 3. The topological polar surface area (TPSA) is 50.5 Å². The third kappa shape index (κ3) is 4.68. The predicted molar refractivity (Wildman–Crippen MR) is 123 cm³/mol. The van der Waals surface area contributed by atoms with Crippen molar-refractivity contribution in [3.8, 4) is 16.9 Å². The third-order valence-corrected chi connectivity index (χ3v) is 5.17. The van der Waals surface area contributed by atoms with E-state index in [4.69, 9.17) is 23.2 Å². The Hall–Kier alpha value is -3.41. The molecule has 4 aromatic rings. The van der Waals surface area contributed by atoms with Gasteiger partial charge < -0.3 is 0 Å². The molecule has 5 nitrogen and oxygen atoms in total. The van der Waals surface area contributed by atoms with Gasteiger partial charge in [0.25, 0.3) is 5.91 Å². The smallest absolute Gasteiger partial charge is 0.273 e. The molecule has 0 atom stereocenters. The third-order valence-electron chi connectivity index (χ3n) is 4.64. The Morgan fingerprint density at radius 3 is 2.29 bits per heavy atom. The Labute approximate surface area is 189 Å². The lowest BCUT2D eigenvalue weighted by Gasteiger charge is -2.16. The maximum atomic E-state index is 12.6. The molecule has 7 heteroatoms. The summed E-state index contributed by atoms with van der Waals surface area (Å²) in [5.74, 6) is -0.221. The van der Waals surface area contributed by atoms with E-state index in [0.717, 1.165) is 16.9 Å². The predicted octanol–water partition coefficient (Wildman–Crippen LogP) is 5.43. The number of hydrogen-bond donors (Lipinski definition) is 0. The number of halogens is 2. The second-order valence-electron chi connectivity index (χ2n) is 6.76. The Balaban J connectivity index is 1.81. The highest BCUT2D eigenvalue weighted by molar-refractivity contribution is 6.35. The molecule has 0 unspecified atom stereocenters. The molecule has 0 N–H and O–H groups in total. The van der Waals surface area contributed by atoms with Crippen LogP contribution in [0.15, 0.2) is 96.4 Å². The van der Waals surface area contributed by atoms with Gasteiger partial charge in [0.15, 0.2) is 5.49 Å². The summed E-state index contributed by atoms with van der Waals surface area (Å²) in [5, 5.41) is 6.73. The van der Waals surface area contributed by atoms with Gasteiger partial charge in [-0.2, -0.15) is 0 Å². The number of nitrogens with zero attached hydrogens (tertiary/aromatic N) is 4. The van der Waals surface area contributed by atoms with Crippen LogP contribution >= 0.6 is 23.2 Å². The molecule has 0 saturated heterocycles. The van der Waals surface area contributed by atoms with Crippen molar-refractivity contribution in [1.29, 1.82) is 0 Å². The lowest BCUT2D eigenvalue weighted by Crippen LogP contribution is -2.26. The first-order valence-electron chi connectivity index (χ1n) is 9.50. The van der Waals surface area contributed by atoms with E-state index in [-0.39, 0.29) is 5.91 Å². The lowest BCUT2D eigenvalue weighted by atomic mass is 10.1. The van der Waals surface area contributed by atoms with Crippen LogP contribution in [0.2, 0.25) is 10.0 Å². The molecule has 0 radical (unpaired) electrons. The first-order chi connectivity index (χ1) is 15.0. The first-order valence-corrected chi connectivity index (χ1v) is 10.3. The van der Waals surface area contributed by atoms with Crippen LogP contribution in [-0.4, -0.2) is 27.5 Å². The number of hydrogen-bond acceptors (Lipinski definition) is 3. The molecule has 154 valence electrons. The summed E-state index contributed by atoms with van der Waals surface area (Å²) >= 11 is 12.5. The summed E-state index contributed by atoms with van der Waals surface area (Å²) in [6, 6.07) is 25.9. The van der Waals surface area contributed by atoms with E-state index >= 15 is 0 Å². The van der Waals surface area contributed by atoms with Gasteiger partial charge in [0, 0.05) is 23.7 Å².